The molecule has 1 aromatic rings. The Hall–Kier alpha value is -1.49. The first-order valence-corrected chi connectivity index (χ1v) is 6.36. The van der Waals surface area contributed by atoms with Crippen LogP contribution in [-0.2, 0) is 4.79 Å². The zero-order chi connectivity index (χ0) is 14.4. The van der Waals surface area contributed by atoms with Crippen molar-refractivity contribution in [3.8, 4) is 0 Å². The van der Waals surface area contributed by atoms with Crippen molar-refractivity contribution in [1.82, 2.24) is 5.32 Å². The van der Waals surface area contributed by atoms with Crippen molar-refractivity contribution in [2.24, 2.45) is 0 Å². The van der Waals surface area contributed by atoms with E-state index < -0.39 is 17.7 Å². The molecule has 2 atom stereocenters. The third-order valence-corrected chi connectivity index (χ3v) is 2.98. The van der Waals surface area contributed by atoms with E-state index in [1.165, 1.54) is 0 Å². The number of hydrogen-bond donors (Lipinski definition) is 2. The van der Waals surface area contributed by atoms with Gasteiger partial charge < -0.3 is 10.4 Å². The van der Waals surface area contributed by atoms with Gasteiger partial charge in [0, 0.05) is 18.0 Å². The fraction of sp³-hybridized carbons (Fsp3) is 0.500. The van der Waals surface area contributed by atoms with Crippen molar-refractivity contribution in [2.75, 3.05) is 0 Å². The van der Waals surface area contributed by atoms with E-state index in [2.05, 4.69) is 5.32 Å². The normalized spacial score (nSPS) is 13.9. The smallest absolute Gasteiger partial charge is 0.220 e. The number of benzene rings is 1. The second-order valence-corrected chi connectivity index (χ2v) is 4.60. The van der Waals surface area contributed by atoms with Crippen molar-refractivity contribution in [3.63, 3.8) is 0 Å². The number of halogens is 2. The third kappa shape index (κ3) is 4.95. The number of carbonyl (C=O) groups is 1. The van der Waals surface area contributed by atoms with Crippen molar-refractivity contribution in [3.05, 3.63) is 35.4 Å². The van der Waals surface area contributed by atoms with Gasteiger partial charge in [0.1, 0.15) is 11.6 Å². The Balaban J connectivity index is 2.53. The molecule has 0 saturated heterocycles. The first-order chi connectivity index (χ1) is 8.93. The molecule has 0 heterocycles. The van der Waals surface area contributed by atoms with Crippen LogP contribution < -0.4 is 5.32 Å². The largest absolute Gasteiger partial charge is 0.388 e. The van der Waals surface area contributed by atoms with Crippen LogP contribution in [0.3, 0.4) is 0 Å². The summed E-state index contributed by atoms with van der Waals surface area (Å²) in [6.07, 6.45) is -0.241. The Bertz CT molecular complexity index is 437. The van der Waals surface area contributed by atoms with E-state index in [9.17, 15) is 18.7 Å². The van der Waals surface area contributed by atoms with Crippen LogP contribution in [0.25, 0.3) is 0 Å². The van der Waals surface area contributed by atoms with Gasteiger partial charge in [-0.2, -0.15) is 0 Å². The molecular formula is C14H19F2NO2. The fourth-order valence-electron chi connectivity index (χ4n) is 1.64. The van der Waals surface area contributed by atoms with Gasteiger partial charge in [-0.1, -0.05) is 6.92 Å². The molecule has 106 valence electrons. The second kappa shape index (κ2) is 7.19. The molecule has 2 unspecified atom stereocenters. The minimum Gasteiger partial charge on any atom is -0.388 e. The maximum Gasteiger partial charge on any atom is 0.220 e. The van der Waals surface area contributed by atoms with Crippen LogP contribution in [0.1, 0.15) is 44.8 Å². The summed E-state index contributed by atoms with van der Waals surface area (Å²) in [7, 11) is 0. The summed E-state index contributed by atoms with van der Waals surface area (Å²) in [4.78, 5) is 11.5. The molecule has 1 rings (SSSR count). The summed E-state index contributed by atoms with van der Waals surface area (Å²) in [6.45, 7) is 3.82. The van der Waals surface area contributed by atoms with Gasteiger partial charge in [-0.15, -0.1) is 0 Å². The monoisotopic (exact) mass is 271 g/mol. The zero-order valence-electron chi connectivity index (χ0n) is 11.1. The molecule has 19 heavy (non-hydrogen) atoms. The minimum absolute atomic E-state index is 0.0582. The lowest BCUT2D eigenvalue weighted by atomic mass is 10.0. The molecule has 0 spiro atoms. The van der Waals surface area contributed by atoms with Gasteiger partial charge in [0.25, 0.3) is 0 Å². The Morgan fingerprint density at radius 1 is 1.42 bits per heavy atom. The van der Waals surface area contributed by atoms with E-state index in [4.69, 9.17) is 0 Å². The second-order valence-electron chi connectivity index (χ2n) is 4.60. The van der Waals surface area contributed by atoms with Crippen LogP contribution in [0, 0.1) is 11.6 Å². The molecule has 0 aliphatic carbocycles. The summed E-state index contributed by atoms with van der Waals surface area (Å²) in [5.74, 6) is -1.49. The topological polar surface area (TPSA) is 49.3 Å². The average Bonchev–Trinajstić information content (AvgIpc) is 2.38. The van der Waals surface area contributed by atoms with Gasteiger partial charge in [-0.05, 0) is 38.0 Å². The first kappa shape index (κ1) is 15.6. The van der Waals surface area contributed by atoms with Gasteiger partial charge in [-0.25, -0.2) is 8.78 Å². The van der Waals surface area contributed by atoms with E-state index in [1.807, 2.05) is 13.8 Å². The Morgan fingerprint density at radius 3 is 2.74 bits per heavy atom. The number of carbonyl (C=O) groups excluding carboxylic acids is 1. The number of rotatable bonds is 6. The standard InChI is InChI=1S/C14H19F2NO2/c1-3-9(2)17-14(19)7-6-13(18)11-8-10(15)4-5-12(11)16/h4-5,8-9,13,18H,3,6-7H2,1-2H3,(H,17,19). The lowest BCUT2D eigenvalue weighted by Gasteiger charge is -2.14. The van der Waals surface area contributed by atoms with Crippen molar-refractivity contribution < 1.29 is 18.7 Å². The van der Waals surface area contributed by atoms with Gasteiger partial charge in [0.2, 0.25) is 5.91 Å². The summed E-state index contributed by atoms with van der Waals surface area (Å²) >= 11 is 0. The number of amides is 1. The minimum atomic E-state index is -1.18. The van der Waals surface area contributed by atoms with Crippen LogP contribution in [0.15, 0.2) is 18.2 Å². The lowest BCUT2D eigenvalue weighted by molar-refractivity contribution is -0.122. The average molecular weight is 271 g/mol. The van der Waals surface area contributed by atoms with Crippen molar-refractivity contribution in [2.45, 2.75) is 45.3 Å². The number of nitrogens with one attached hydrogen (secondary N) is 1. The van der Waals surface area contributed by atoms with Crippen LogP contribution >= 0.6 is 0 Å². The summed E-state index contributed by atoms with van der Waals surface area (Å²) in [5.41, 5.74) is -0.115. The van der Waals surface area contributed by atoms with Crippen LogP contribution in [-0.4, -0.2) is 17.1 Å². The molecule has 0 bridgehead atoms. The zero-order valence-corrected chi connectivity index (χ0v) is 11.1. The summed E-state index contributed by atoms with van der Waals surface area (Å²) < 4.78 is 26.3. The van der Waals surface area contributed by atoms with Crippen molar-refractivity contribution >= 4 is 5.91 Å². The van der Waals surface area contributed by atoms with Gasteiger partial charge in [0.15, 0.2) is 0 Å². The Morgan fingerprint density at radius 2 is 2.11 bits per heavy atom. The lowest BCUT2D eigenvalue weighted by Crippen LogP contribution is -2.31. The molecule has 0 fully saturated rings. The maximum atomic E-state index is 13.4. The van der Waals surface area contributed by atoms with E-state index in [0.29, 0.717) is 0 Å². The van der Waals surface area contributed by atoms with Crippen LogP contribution in [0.4, 0.5) is 8.78 Å². The predicted molar refractivity (Wildman–Crippen MR) is 68.4 cm³/mol. The van der Waals surface area contributed by atoms with Crippen molar-refractivity contribution in [1.29, 1.82) is 0 Å². The molecule has 0 radical (unpaired) electrons. The van der Waals surface area contributed by atoms with E-state index in [0.717, 1.165) is 24.6 Å². The van der Waals surface area contributed by atoms with E-state index >= 15 is 0 Å². The Labute approximate surface area is 111 Å². The number of aliphatic hydroxyl groups is 1. The molecule has 3 nitrogen and oxygen atoms in total. The van der Waals surface area contributed by atoms with E-state index in [1.54, 1.807) is 0 Å². The van der Waals surface area contributed by atoms with Gasteiger partial charge in [-0.3, -0.25) is 4.79 Å². The maximum absolute atomic E-state index is 13.4. The molecule has 1 amide bonds. The SMILES string of the molecule is CCC(C)NC(=O)CCC(O)c1cc(F)ccc1F. The molecule has 0 saturated carbocycles. The van der Waals surface area contributed by atoms with E-state index in [-0.39, 0.29) is 30.4 Å². The molecule has 1 aromatic carbocycles. The molecular weight excluding hydrogens is 252 g/mol. The molecule has 0 aliphatic rings. The quantitative estimate of drug-likeness (QED) is 0.835. The Kier molecular flexibility index (Phi) is 5.89. The first-order valence-electron chi connectivity index (χ1n) is 6.36. The fourth-order valence-corrected chi connectivity index (χ4v) is 1.64. The summed E-state index contributed by atoms with van der Waals surface area (Å²) in [5, 5.41) is 12.5. The molecule has 0 aromatic heterocycles. The highest BCUT2D eigenvalue weighted by Crippen LogP contribution is 2.22. The molecule has 0 aliphatic heterocycles. The van der Waals surface area contributed by atoms with Crippen LogP contribution in [0.5, 0.6) is 0 Å². The van der Waals surface area contributed by atoms with Crippen LogP contribution in [0.2, 0.25) is 0 Å². The number of hydrogen-bond acceptors (Lipinski definition) is 2. The highest BCUT2D eigenvalue weighted by Gasteiger charge is 2.15. The summed E-state index contributed by atoms with van der Waals surface area (Å²) in [6, 6.07) is 2.97. The highest BCUT2D eigenvalue weighted by molar-refractivity contribution is 5.76. The van der Waals surface area contributed by atoms with Gasteiger partial charge >= 0.3 is 0 Å². The predicted octanol–water partition coefficient (Wildman–Crippen LogP) is 2.69. The molecule has 5 heteroatoms. The number of aliphatic hydroxyl groups excluding tert-OH is 1. The third-order valence-electron chi connectivity index (χ3n) is 2.98. The molecule has 2 N–H and O–H groups in total. The van der Waals surface area contributed by atoms with Gasteiger partial charge in [0.05, 0.1) is 6.10 Å². The highest BCUT2D eigenvalue weighted by atomic mass is 19.1.